The van der Waals surface area contributed by atoms with Crippen molar-refractivity contribution in [1.29, 1.82) is 0 Å². The van der Waals surface area contributed by atoms with Gasteiger partial charge in [-0.1, -0.05) is 58.4 Å². The molecule has 0 aromatic heterocycles. The quantitative estimate of drug-likeness (QED) is 0.638. The smallest absolute Gasteiger partial charge is 0.194 e. The highest BCUT2D eigenvalue weighted by molar-refractivity contribution is 9.10. The largest absolute Gasteiger partial charge is 0.356 e. The molecule has 90 valence electrons. The number of hydrogen-bond donors (Lipinski definition) is 0. The fourth-order valence-electron chi connectivity index (χ4n) is 1.99. The Bertz CT molecular complexity index is 563. The Labute approximate surface area is 114 Å². The molecule has 2 atom stereocenters. The van der Waals surface area contributed by atoms with Gasteiger partial charge >= 0.3 is 0 Å². The SMILES string of the molecule is O=C(c1ccc(Br)cc1)[C@H]1OC1c1ccccc1. The second-order valence-corrected chi connectivity index (χ2v) is 5.17. The van der Waals surface area contributed by atoms with Crippen LogP contribution in [0.5, 0.6) is 0 Å². The van der Waals surface area contributed by atoms with Gasteiger partial charge in [0.15, 0.2) is 11.9 Å². The summed E-state index contributed by atoms with van der Waals surface area (Å²) in [4.78, 5) is 12.2. The first-order valence-electron chi connectivity index (χ1n) is 5.76. The van der Waals surface area contributed by atoms with Crippen molar-refractivity contribution >= 4 is 21.7 Å². The molecule has 3 rings (SSSR count). The Kier molecular flexibility index (Phi) is 3.02. The lowest BCUT2D eigenvalue weighted by atomic mass is 10.0. The summed E-state index contributed by atoms with van der Waals surface area (Å²) in [5.41, 5.74) is 1.76. The maximum Gasteiger partial charge on any atom is 0.194 e. The highest BCUT2D eigenvalue weighted by Gasteiger charge is 2.45. The standard InChI is InChI=1S/C15H11BrO2/c16-12-8-6-10(7-9-12)13(17)15-14(18-15)11-4-2-1-3-5-11/h1-9,14-15H/t14?,15-/m1/s1. The number of carbonyl (C=O) groups is 1. The second-order valence-electron chi connectivity index (χ2n) is 4.26. The molecule has 3 heteroatoms. The third-order valence-corrected chi connectivity index (χ3v) is 3.54. The summed E-state index contributed by atoms with van der Waals surface area (Å²) < 4.78 is 6.46. The average molecular weight is 303 g/mol. The third kappa shape index (κ3) is 2.24. The van der Waals surface area contributed by atoms with Crippen LogP contribution in [0.1, 0.15) is 22.0 Å². The summed E-state index contributed by atoms with van der Waals surface area (Å²) in [6.45, 7) is 0. The van der Waals surface area contributed by atoms with Crippen LogP contribution in [-0.2, 0) is 4.74 Å². The minimum atomic E-state index is -0.325. The monoisotopic (exact) mass is 302 g/mol. The normalized spacial score (nSPS) is 21.6. The molecule has 2 aromatic rings. The number of carbonyl (C=O) groups excluding carboxylic acids is 1. The van der Waals surface area contributed by atoms with E-state index in [1.807, 2.05) is 54.6 Å². The van der Waals surface area contributed by atoms with Crippen LogP contribution >= 0.6 is 15.9 Å². The molecule has 1 aliphatic rings. The first-order chi connectivity index (χ1) is 8.75. The maximum absolute atomic E-state index is 12.2. The highest BCUT2D eigenvalue weighted by atomic mass is 79.9. The minimum Gasteiger partial charge on any atom is -0.356 e. The Morgan fingerprint density at radius 2 is 1.67 bits per heavy atom. The molecule has 1 unspecified atom stereocenters. The van der Waals surface area contributed by atoms with Crippen LogP contribution in [0.4, 0.5) is 0 Å². The van der Waals surface area contributed by atoms with Crippen molar-refractivity contribution in [1.82, 2.24) is 0 Å². The van der Waals surface area contributed by atoms with Gasteiger partial charge in [-0.15, -0.1) is 0 Å². The molecular formula is C15H11BrO2. The Morgan fingerprint density at radius 3 is 2.33 bits per heavy atom. The van der Waals surface area contributed by atoms with Crippen molar-refractivity contribution in [3.8, 4) is 0 Å². The zero-order valence-electron chi connectivity index (χ0n) is 9.55. The van der Waals surface area contributed by atoms with E-state index in [4.69, 9.17) is 4.74 Å². The predicted molar refractivity (Wildman–Crippen MR) is 72.5 cm³/mol. The minimum absolute atomic E-state index is 0.0522. The van der Waals surface area contributed by atoms with E-state index in [2.05, 4.69) is 15.9 Å². The predicted octanol–water partition coefficient (Wildman–Crippen LogP) is 3.77. The van der Waals surface area contributed by atoms with Crippen LogP contribution in [0.25, 0.3) is 0 Å². The molecule has 0 bridgehead atoms. The zero-order chi connectivity index (χ0) is 12.5. The lowest BCUT2D eigenvalue weighted by Crippen LogP contribution is -2.07. The van der Waals surface area contributed by atoms with Gasteiger partial charge in [-0.25, -0.2) is 0 Å². The van der Waals surface area contributed by atoms with Gasteiger partial charge in [0.25, 0.3) is 0 Å². The van der Waals surface area contributed by atoms with E-state index in [0.29, 0.717) is 5.56 Å². The molecule has 1 heterocycles. The maximum atomic E-state index is 12.2. The fraction of sp³-hybridized carbons (Fsp3) is 0.133. The Hall–Kier alpha value is -1.45. The number of hydrogen-bond acceptors (Lipinski definition) is 2. The number of ketones is 1. The molecule has 0 N–H and O–H groups in total. The summed E-state index contributed by atoms with van der Waals surface area (Å²) in [7, 11) is 0. The van der Waals surface area contributed by atoms with Crippen molar-refractivity contribution in [3.63, 3.8) is 0 Å². The van der Waals surface area contributed by atoms with Gasteiger partial charge in [0.1, 0.15) is 6.10 Å². The van der Waals surface area contributed by atoms with Crippen LogP contribution in [-0.4, -0.2) is 11.9 Å². The van der Waals surface area contributed by atoms with Crippen molar-refractivity contribution in [2.24, 2.45) is 0 Å². The van der Waals surface area contributed by atoms with E-state index in [1.54, 1.807) is 0 Å². The molecule has 0 saturated carbocycles. The van der Waals surface area contributed by atoms with Crippen LogP contribution < -0.4 is 0 Å². The van der Waals surface area contributed by atoms with Crippen LogP contribution in [0.3, 0.4) is 0 Å². The van der Waals surface area contributed by atoms with Gasteiger partial charge in [-0.3, -0.25) is 4.79 Å². The summed E-state index contributed by atoms with van der Waals surface area (Å²) in [5, 5.41) is 0. The van der Waals surface area contributed by atoms with Gasteiger partial charge in [0, 0.05) is 10.0 Å². The molecule has 18 heavy (non-hydrogen) atoms. The Morgan fingerprint density at radius 1 is 1.00 bits per heavy atom. The fourth-order valence-corrected chi connectivity index (χ4v) is 2.25. The summed E-state index contributed by atoms with van der Waals surface area (Å²) in [6, 6.07) is 17.2. The number of rotatable bonds is 3. The highest BCUT2D eigenvalue weighted by Crippen LogP contribution is 2.40. The van der Waals surface area contributed by atoms with Crippen LogP contribution in [0.15, 0.2) is 59.1 Å². The summed E-state index contributed by atoms with van der Waals surface area (Å²) in [5.74, 6) is 0.0522. The van der Waals surface area contributed by atoms with Crippen molar-refractivity contribution < 1.29 is 9.53 Å². The molecule has 0 radical (unpaired) electrons. The van der Waals surface area contributed by atoms with E-state index in [9.17, 15) is 4.79 Å². The van der Waals surface area contributed by atoms with Gasteiger partial charge in [0.2, 0.25) is 0 Å². The van der Waals surface area contributed by atoms with Gasteiger partial charge in [-0.05, 0) is 17.7 Å². The number of Topliss-reactive ketones (excluding diaryl/α,β-unsaturated/α-hetero) is 1. The van der Waals surface area contributed by atoms with E-state index in [1.165, 1.54) is 0 Å². The molecule has 1 saturated heterocycles. The summed E-state index contributed by atoms with van der Waals surface area (Å²) in [6.07, 6.45) is -0.407. The lowest BCUT2D eigenvalue weighted by molar-refractivity contribution is 0.0953. The number of epoxide rings is 1. The number of ether oxygens (including phenoxy) is 1. The van der Waals surface area contributed by atoms with E-state index in [-0.39, 0.29) is 18.0 Å². The van der Waals surface area contributed by atoms with Crippen molar-refractivity contribution in [2.75, 3.05) is 0 Å². The summed E-state index contributed by atoms with van der Waals surface area (Å²) >= 11 is 3.35. The molecule has 0 aliphatic carbocycles. The van der Waals surface area contributed by atoms with E-state index < -0.39 is 0 Å². The molecule has 1 fully saturated rings. The zero-order valence-corrected chi connectivity index (χ0v) is 11.1. The molecule has 0 amide bonds. The first kappa shape index (κ1) is 11.6. The van der Waals surface area contributed by atoms with Crippen LogP contribution in [0.2, 0.25) is 0 Å². The lowest BCUT2D eigenvalue weighted by Gasteiger charge is -1.98. The molecule has 2 aromatic carbocycles. The Balaban J connectivity index is 1.75. The molecule has 2 nitrogen and oxygen atoms in total. The number of halogens is 1. The van der Waals surface area contributed by atoms with E-state index in [0.717, 1.165) is 10.0 Å². The third-order valence-electron chi connectivity index (χ3n) is 3.01. The van der Waals surface area contributed by atoms with Crippen LogP contribution in [0, 0.1) is 0 Å². The molecule has 0 spiro atoms. The second kappa shape index (κ2) is 4.67. The van der Waals surface area contributed by atoms with Gasteiger partial charge in [0.05, 0.1) is 0 Å². The van der Waals surface area contributed by atoms with Crippen molar-refractivity contribution in [3.05, 3.63) is 70.2 Å². The van der Waals surface area contributed by atoms with Crippen molar-refractivity contribution in [2.45, 2.75) is 12.2 Å². The first-order valence-corrected chi connectivity index (χ1v) is 6.55. The topological polar surface area (TPSA) is 29.6 Å². The van der Waals surface area contributed by atoms with Gasteiger partial charge < -0.3 is 4.74 Å². The molecule has 1 aliphatic heterocycles. The average Bonchev–Trinajstić information content (AvgIpc) is 3.20. The van der Waals surface area contributed by atoms with E-state index >= 15 is 0 Å². The number of benzene rings is 2. The van der Waals surface area contributed by atoms with Gasteiger partial charge in [-0.2, -0.15) is 0 Å². The molecular weight excluding hydrogens is 292 g/mol.